The molecule has 148 valence electrons. The number of nitrogens with zero attached hydrogens (tertiary/aromatic N) is 2. The number of halogens is 2. The van der Waals surface area contributed by atoms with Crippen LogP contribution in [0.3, 0.4) is 0 Å². The fraction of sp³-hybridized carbons (Fsp3) is 0.227. The molecule has 0 aliphatic rings. The Balaban J connectivity index is 0.000000281. The Morgan fingerprint density at radius 2 is 1.61 bits per heavy atom. The Morgan fingerprint density at radius 3 is 2.07 bits per heavy atom. The van der Waals surface area contributed by atoms with E-state index in [9.17, 15) is 13.6 Å². The lowest BCUT2D eigenvalue weighted by atomic mass is 10.0. The number of aryl methyl sites for hydroxylation is 2. The molecule has 1 aromatic heterocycles. The monoisotopic (exact) mass is 385 g/mol. The summed E-state index contributed by atoms with van der Waals surface area (Å²) in [6.45, 7) is 8.17. The van der Waals surface area contributed by atoms with Crippen molar-refractivity contribution in [2.75, 3.05) is 12.4 Å². The number of aromatic nitrogens is 2. The van der Waals surface area contributed by atoms with Crippen molar-refractivity contribution in [3.05, 3.63) is 77.1 Å². The summed E-state index contributed by atoms with van der Waals surface area (Å²) in [6, 6.07) is 9.63. The van der Waals surface area contributed by atoms with Crippen molar-refractivity contribution in [3.8, 4) is 11.3 Å². The molecule has 2 aromatic carbocycles. The summed E-state index contributed by atoms with van der Waals surface area (Å²) in [5.41, 5.74) is 4.01. The number of carbonyl (C=O) groups excluding carboxylic acids is 1. The zero-order valence-corrected chi connectivity index (χ0v) is 16.8. The van der Waals surface area contributed by atoms with E-state index in [0.29, 0.717) is 0 Å². The maximum Gasteiger partial charge on any atom is 0.155 e. The first-order valence-corrected chi connectivity index (χ1v) is 8.93. The van der Waals surface area contributed by atoms with Gasteiger partial charge in [0.05, 0.1) is 23.7 Å². The molecule has 6 heteroatoms. The van der Waals surface area contributed by atoms with E-state index >= 15 is 0 Å². The molecule has 1 N–H and O–H groups in total. The van der Waals surface area contributed by atoms with Crippen LogP contribution in [0, 0.1) is 25.5 Å². The summed E-state index contributed by atoms with van der Waals surface area (Å²) < 4.78 is 24.8. The number of hydrogen-bond donors (Lipinski definition) is 1. The van der Waals surface area contributed by atoms with Gasteiger partial charge in [0, 0.05) is 12.6 Å². The SMILES string of the molecule is CC.CNc1cnc(-c2cc(C)ccc2C)cn1.O=Cc1c(F)cccc1F. The summed E-state index contributed by atoms with van der Waals surface area (Å²) in [4.78, 5) is 18.6. The molecule has 0 saturated carbocycles. The third-order valence-corrected chi connectivity index (χ3v) is 3.69. The normalized spacial score (nSPS) is 9.39. The van der Waals surface area contributed by atoms with Crippen LogP contribution in [0.1, 0.15) is 35.3 Å². The van der Waals surface area contributed by atoms with Crippen LogP contribution in [0.2, 0.25) is 0 Å². The highest BCUT2D eigenvalue weighted by molar-refractivity contribution is 5.75. The second-order valence-corrected chi connectivity index (χ2v) is 5.61. The van der Waals surface area contributed by atoms with Gasteiger partial charge < -0.3 is 5.32 Å². The summed E-state index contributed by atoms with van der Waals surface area (Å²) in [6.07, 6.45) is 3.70. The van der Waals surface area contributed by atoms with E-state index in [4.69, 9.17) is 0 Å². The Morgan fingerprint density at radius 1 is 0.964 bits per heavy atom. The predicted molar refractivity (Wildman–Crippen MR) is 110 cm³/mol. The van der Waals surface area contributed by atoms with Crippen molar-refractivity contribution in [2.45, 2.75) is 27.7 Å². The van der Waals surface area contributed by atoms with E-state index in [-0.39, 0.29) is 6.29 Å². The number of nitrogens with one attached hydrogen (secondary N) is 1. The molecule has 3 rings (SSSR count). The van der Waals surface area contributed by atoms with Crippen LogP contribution in [0.5, 0.6) is 0 Å². The maximum absolute atomic E-state index is 12.4. The number of carbonyl (C=O) groups is 1. The zero-order valence-electron chi connectivity index (χ0n) is 16.8. The minimum Gasteiger partial charge on any atom is -0.372 e. The van der Waals surface area contributed by atoms with Crippen LogP contribution in [0.15, 0.2) is 48.8 Å². The molecule has 1 heterocycles. The first kappa shape index (κ1) is 22.9. The van der Waals surface area contributed by atoms with Crippen molar-refractivity contribution >= 4 is 12.1 Å². The Kier molecular flexibility index (Phi) is 9.43. The summed E-state index contributed by atoms with van der Waals surface area (Å²) >= 11 is 0. The lowest BCUT2D eigenvalue weighted by Gasteiger charge is -2.06. The first-order valence-electron chi connectivity index (χ1n) is 8.93. The van der Waals surface area contributed by atoms with Crippen molar-refractivity contribution in [2.24, 2.45) is 0 Å². The van der Waals surface area contributed by atoms with E-state index < -0.39 is 17.2 Å². The molecule has 4 nitrogen and oxygen atoms in total. The largest absolute Gasteiger partial charge is 0.372 e. The van der Waals surface area contributed by atoms with Crippen LogP contribution < -0.4 is 5.32 Å². The summed E-state index contributed by atoms with van der Waals surface area (Å²) in [5.74, 6) is -0.862. The van der Waals surface area contributed by atoms with Gasteiger partial charge in [-0.1, -0.05) is 37.6 Å². The van der Waals surface area contributed by atoms with Gasteiger partial charge in [-0.15, -0.1) is 0 Å². The van der Waals surface area contributed by atoms with Gasteiger partial charge in [-0.2, -0.15) is 0 Å². The van der Waals surface area contributed by atoms with Gasteiger partial charge in [-0.25, -0.2) is 13.8 Å². The van der Waals surface area contributed by atoms with Gasteiger partial charge in [0.2, 0.25) is 0 Å². The first-order chi connectivity index (χ1) is 13.5. The Bertz CT molecular complexity index is 877. The zero-order chi connectivity index (χ0) is 21.1. The quantitative estimate of drug-likeness (QED) is 0.596. The van der Waals surface area contributed by atoms with E-state index in [1.807, 2.05) is 20.9 Å². The topological polar surface area (TPSA) is 54.9 Å². The predicted octanol–water partition coefficient (Wildman–Crippen LogP) is 5.61. The number of aldehydes is 1. The second kappa shape index (κ2) is 11.5. The molecule has 0 radical (unpaired) electrons. The van der Waals surface area contributed by atoms with Crippen molar-refractivity contribution < 1.29 is 13.6 Å². The van der Waals surface area contributed by atoms with Crippen molar-refractivity contribution in [1.82, 2.24) is 9.97 Å². The number of anilines is 1. The lowest BCUT2D eigenvalue weighted by molar-refractivity contribution is 0.111. The molecule has 0 atom stereocenters. The molecule has 0 bridgehead atoms. The number of benzene rings is 2. The summed E-state index contributed by atoms with van der Waals surface area (Å²) in [5, 5.41) is 2.96. The molecular formula is C22H25F2N3O. The lowest BCUT2D eigenvalue weighted by Crippen LogP contribution is -1.95. The highest BCUT2D eigenvalue weighted by Crippen LogP contribution is 2.22. The molecule has 0 aliphatic carbocycles. The molecule has 0 spiro atoms. The third-order valence-electron chi connectivity index (χ3n) is 3.69. The van der Waals surface area contributed by atoms with Crippen LogP contribution in [0.25, 0.3) is 11.3 Å². The van der Waals surface area contributed by atoms with E-state index in [2.05, 4.69) is 47.3 Å². The van der Waals surface area contributed by atoms with Crippen LogP contribution >= 0.6 is 0 Å². The average Bonchev–Trinajstić information content (AvgIpc) is 2.72. The van der Waals surface area contributed by atoms with Crippen LogP contribution in [-0.2, 0) is 0 Å². The van der Waals surface area contributed by atoms with E-state index in [0.717, 1.165) is 29.2 Å². The smallest absolute Gasteiger partial charge is 0.155 e. The maximum atomic E-state index is 12.4. The van der Waals surface area contributed by atoms with E-state index in [1.165, 1.54) is 17.2 Å². The van der Waals surface area contributed by atoms with Crippen LogP contribution in [0.4, 0.5) is 14.6 Å². The van der Waals surface area contributed by atoms with Crippen molar-refractivity contribution in [1.29, 1.82) is 0 Å². The molecule has 0 amide bonds. The molecule has 0 fully saturated rings. The van der Waals surface area contributed by atoms with Crippen molar-refractivity contribution in [3.63, 3.8) is 0 Å². The highest BCUT2D eigenvalue weighted by atomic mass is 19.1. The molecular weight excluding hydrogens is 360 g/mol. The molecule has 0 unspecified atom stereocenters. The number of rotatable bonds is 3. The van der Waals surface area contributed by atoms with Crippen LogP contribution in [-0.4, -0.2) is 23.3 Å². The fourth-order valence-corrected chi connectivity index (χ4v) is 2.23. The minimum atomic E-state index is -0.824. The minimum absolute atomic E-state index is 0.157. The molecule has 3 aromatic rings. The Hall–Kier alpha value is -3.15. The standard InChI is InChI=1S/C13H15N3.C7H4F2O.C2H6/c1-9-4-5-10(2)11(6-9)12-7-16-13(14-3)8-15-12;8-6-2-1-3-7(9)5(6)4-10;1-2/h4-8H,1-3H3,(H,14,16);1-4H;1-2H3. The van der Waals surface area contributed by atoms with Gasteiger partial charge in [0.25, 0.3) is 0 Å². The van der Waals surface area contributed by atoms with Gasteiger partial charge in [-0.3, -0.25) is 9.78 Å². The van der Waals surface area contributed by atoms with Gasteiger partial charge in [0.1, 0.15) is 17.5 Å². The second-order valence-electron chi connectivity index (χ2n) is 5.61. The van der Waals surface area contributed by atoms with Gasteiger partial charge in [0.15, 0.2) is 6.29 Å². The average molecular weight is 385 g/mol. The van der Waals surface area contributed by atoms with E-state index in [1.54, 1.807) is 12.4 Å². The molecule has 28 heavy (non-hydrogen) atoms. The summed E-state index contributed by atoms with van der Waals surface area (Å²) in [7, 11) is 1.83. The highest BCUT2D eigenvalue weighted by Gasteiger charge is 2.05. The van der Waals surface area contributed by atoms with Gasteiger partial charge >= 0.3 is 0 Å². The third kappa shape index (κ3) is 6.23. The fourth-order valence-electron chi connectivity index (χ4n) is 2.23. The number of hydrogen-bond acceptors (Lipinski definition) is 4. The van der Waals surface area contributed by atoms with Gasteiger partial charge in [-0.05, 0) is 37.6 Å². The molecule has 0 aliphatic heterocycles. The Labute approximate surface area is 164 Å². The molecule has 0 saturated heterocycles.